The van der Waals surface area contributed by atoms with Gasteiger partial charge in [-0.1, -0.05) is 6.92 Å². The molecule has 0 amide bonds. The predicted molar refractivity (Wildman–Crippen MR) is 47.9 cm³/mol. The summed E-state index contributed by atoms with van der Waals surface area (Å²) in [6, 6.07) is 0. The summed E-state index contributed by atoms with van der Waals surface area (Å²) in [6.07, 6.45) is 0.343. The fourth-order valence-electron chi connectivity index (χ4n) is 0.431. The quantitative estimate of drug-likeness (QED) is 0.667. The maximum Gasteiger partial charge on any atom is 0.0667 e. The topological polar surface area (TPSA) is 30.5 Å². The molecule has 0 bridgehead atoms. The minimum absolute atomic E-state index is 0.343. The highest BCUT2D eigenvalue weighted by molar-refractivity contribution is 4.50. The van der Waals surface area contributed by atoms with Gasteiger partial charge in [0.2, 0.25) is 0 Å². The number of nitrogens with one attached hydrogen (secondary N) is 1. The summed E-state index contributed by atoms with van der Waals surface area (Å²) in [5, 5.41) is 3.17. The first-order valence-corrected chi connectivity index (χ1v) is 3.86. The maximum absolute atomic E-state index is 4.99. The molecule has 1 atom stereocenters. The van der Waals surface area contributed by atoms with Gasteiger partial charge in [0.15, 0.2) is 0 Å². The average molecular weight is 163 g/mol. The van der Waals surface area contributed by atoms with E-state index in [1.807, 2.05) is 6.92 Å². The van der Waals surface area contributed by atoms with Gasteiger partial charge < -0.3 is 14.8 Å². The number of rotatable bonds is 4. The molecule has 0 saturated carbocycles. The summed E-state index contributed by atoms with van der Waals surface area (Å²) in [6.45, 7) is 6.10. The van der Waals surface area contributed by atoms with Crippen LogP contribution in [0.1, 0.15) is 13.8 Å². The number of likely N-dealkylation sites (N-methyl/N-ethyl adjacent to an activating group) is 1. The molecule has 0 spiro atoms. The first-order chi connectivity index (χ1) is 5.22. The molecule has 0 aliphatic rings. The second-order valence-corrected chi connectivity index (χ2v) is 2.26. The van der Waals surface area contributed by atoms with E-state index in [1.165, 1.54) is 0 Å². The van der Waals surface area contributed by atoms with Crippen LogP contribution in [0.15, 0.2) is 0 Å². The van der Waals surface area contributed by atoms with E-state index in [1.54, 1.807) is 21.3 Å². The van der Waals surface area contributed by atoms with Crippen LogP contribution in [0.4, 0.5) is 0 Å². The Kier molecular flexibility index (Phi) is 15.4. The van der Waals surface area contributed by atoms with Gasteiger partial charge in [0.1, 0.15) is 0 Å². The van der Waals surface area contributed by atoms with Crippen LogP contribution in [-0.2, 0) is 9.47 Å². The molecule has 0 fully saturated rings. The molecule has 3 nitrogen and oxygen atoms in total. The molecule has 0 saturated heterocycles. The van der Waals surface area contributed by atoms with Gasteiger partial charge in [-0.25, -0.2) is 0 Å². The van der Waals surface area contributed by atoms with Crippen molar-refractivity contribution >= 4 is 0 Å². The van der Waals surface area contributed by atoms with E-state index >= 15 is 0 Å². The lowest BCUT2D eigenvalue weighted by Gasteiger charge is -2.07. The van der Waals surface area contributed by atoms with Crippen LogP contribution >= 0.6 is 0 Å². The van der Waals surface area contributed by atoms with E-state index in [9.17, 15) is 0 Å². The van der Waals surface area contributed by atoms with Crippen LogP contribution in [0.3, 0.4) is 0 Å². The van der Waals surface area contributed by atoms with Gasteiger partial charge in [-0.2, -0.15) is 0 Å². The lowest BCUT2D eigenvalue weighted by Crippen LogP contribution is -2.25. The van der Waals surface area contributed by atoms with Gasteiger partial charge in [0, 0.05) is 27.9 Å². The molecule has 70 valence electrons. The van der Waals surface area contributed by atoms with Crippen LogP contribution in [-0.4, -0.2) is 40.5 Å². The van der Waals surface area contributed by atoms with E-state index in [4.69, 9.17) is 4.74 Å². The van der Waals surface area contributed by atoms with Gasteiger partial charge in [-0.15, -0.1) is 0 Å². The van der Waals surface area contributed by atoms with Crippen molar-refractivity contribution in [2.24, 2.45) is 0 Å². The van der Waals surface area contributed by atoms with Crippen molar-refractivity contribution in [3.63, 3.8) is 0 Å². The monoisotopic (exact) mass is 163 g/mol. The van der Waals surface area contributed by atoms with Crippen molar-refractivity contribution in [2.45, 2.75) is 20.0 Å². The number of hydrogen-bond donors (Lipinski definition) is 1. The number of hydrogen-bond acceptors (Lipinski definition) is 3. The molecule has 0 rings (SSSR count). The molecule has 0 aromatic heterocycles. The minimum Gasteiger partial charge on any atom is -0.388 e. The van der Waals surface area contributed by atoms with Gasteiger partial charge in [-0.3, -0.25) is 0 Å². The summed E-state index contributed by atoms with van der Waals surface area (Å²) in [5.74, 6) is 0. The van der Waals surface area contributed by atoms with Gasteiger partial charge in [0.25, 0.3) is 0 Å². The third kappa shape index (κ3) is 17.7. The molecule has 3 heteroatoms. The van der Waals surface area contributed by atoms with E-state index in [0.717, 1.165) is 13.1 Å². The zero-order valence-corrected chi connectivity index (χ0v) is 8.31. The van der Waals surface area contributed by atoms with Crippen LogP contribution < -0.4 is 5.32 Å². The standard InChI is InChI=1S/C6H15NO.C2H6O/c1-4-7-5-6(2)8-3;1-3-2/h6-7H,4-5H2,1-3H3;1-2H3. The number of methoxy groups -OCH3 is 2. The molecular weight excluding hydrogens is 142 g/mol. The summed E-state index contributed by atoms with van der Waals surface area (Å²) in [4.78, 5) is 0. The Hall–Kier alpha value is -0.120. The minimum atomic E-state index is 0.343. The predicted octanol–water partition coefficient (Wildman–Crippen LogP) is 0.893. The van der Waals surface area contributed by atoms with E-state index in [0.29, 0.717) is 6.10 Å². The third-order valence-electron chi connectivity index (χ3n) is 1.08. The number of ether oxygens (including phenoxy) is 2. The van der Waals surface area contributed by atoms with Crippen molar-refractivity contribution in [2.75, 3.05) is 34.4 Å². The largest absolute Gasteiger partial charge is 0.388 e. The lowest BCUT2D eigenvalue weighted by atomic mass is 10.4. The van der Waals surface area contributed by atoms with Crippen molar-refractivity contribution in [1.82, 2.24) is 5.32 Å². The zero-order chi connectivity index (χ0) is 9.11. The van der Waals surface area contributed by atoms with Crippen LogP contribution in [0.25, 0.3) is 0 Å². The Labute approximate surface area is 70.1 Å². The maximum atomic E-state index is 4.99. The highest BCUT2D eigenvalue weighted by Crippen LogP contribution is 1.81. The molecule has 0 aliphatic carbocycles. The molecule has 0 radical (unpaired) electrons. The van der Waals surface area contributed by atoms with E-state index in [-0.39, 0.29) is 0 Å². The van der Waals surface area contributed by atoms with Gasteiger partial charge in [0.05, 0.1) is 6.10 Å². The lowest BCUT2D eigenvalue weighted by molar-refractivity contribution is 0.118. The van der Waals surface area contributed by atoms with Crippen LogP contribution in [0, 0.1) is 0 Å². The van der Waals surface area contributed by atoms with Gasteiger partial charge >= 0.3 is 0 Å². The van der Waals surface area contributed by atoms with Crippen molar-refractivity contribution in [3.05, 3.63) is 0 Å². The summed E-state index contributed by atoms with van der Waals surface area (Å²) in [7, 11) is 4.97. The third-order valence-corrected chi connectivity index (χ3v) is 1.08. The van der Waals surface area contributed by atoms with Crippen LogP contribution in [0.2, 0.25) is 0 Å². The average Bonchev–Trinajstić information content (AvgIpc) is 2.02. The first-order valence-electron chi connectivity index (χ1n) is 3.86. The highest BCUT2D eigenvalue weighted by atomic mass is 16.5. The van der Waals surface area contributed by atoms with Crippen molar-refractivity contribution < 1.29 is 9.47 Å². The Morgan fingerprint density at radius 2 is 1.73 bits per heavy atom. The molecular formula is C8H21NO2. The zero-order valence-electron chi connectivity index (χ0n) is 8.31. The fraction of sp³-hybridized carbons (Fsp3) is 1.00. The second-order valence-electron chi connectivity index (χ2n) is 2.26. The second kappa shape index (κ2) is 12.5. The van der Waals surface area contributed by atoms with Crippen molar-refractivity contribution in [1.29, 1.82) is 0 Å². The molecule has 0 heterocycles. The van der Waals surface area contributed by atoms with Crippen LogP contribution in [0.5, 0.6) is 0 Å². The van der Waals surface area contributed by atoms with E-state index < -0.39 is 0 Å². The van der Waals surface area contributed by atoms with Gasteiger partial charge in [-0.05, 0) is 13.5 Å². The Balaban J connectivity index is 0. The smallest absolute Gasteiger partial charge is 0.0667 e. The Morgan fingerprint density at radius 3 is 2.00 bits per heavy atom. The first kappa shape index (κ1) is 13.5. The normalized spacial score (nSPS) is 11.7. The fourth-order valence-corrected chi connectivity index (χ4v) is 0.431. The SMILES string of the molecule is CCNCC(C)OC.COC. The molecule has 1 N–H and O–H groups in total. The molecule has 11 heavy (non-hydrogen) atoms. The van der Waals surface area contributed by atoms with E-state index in [2.05, 4.69) is 17.0 Å². The molecule has 1 unspecified atom stereocenters. The Bertz CT molecular complexity index is 60.1. The summed E-state index contributed by atoms with van der Waals surface area (Å²) in [5.41, 5.74) is 0. The molecule has 0 aromatic carbocycles. The molecule has 0 aliphatic heterocycles. The summed E-state index contributed by atoms with van der Waals surface area (Å²) < 4.78 is 9.24. The molecule has 0 aromatic rings. The highest BCUT2D eigenvalue weighted by Gasteiger charge is 1.93. The summed E-state index contributed by atoms with van der Waals surface area (Å²) >= 11 is 0. The van der Waals surface area contributed by atoms with Crippen molar-refractivity contribution in [3.8, 4) is 0 Å². The Morgan fingerprint density at radius 1 is 1.27 bits per heavy atom.